The number of carbonyl (C=O) groups excluding carboxylic acids is 2. The number of rotatable bonds is 5. The molecule has 1 N–H and O–H groups in total. The number of nitro groups is 1. The summed E-state index contributed by atoms with van der Waals surface area (Å²) < 4.78 is 0. The monoisotopic (exact) mass is 402 g/mol. The minimum atomic E-state index is -0.596. The number of benzene rings is 2. The number of nitrogens with one attached hydrogen (secondary N) is 1. The van der Waals surface area contributed by atoms with Gasteiger partial charge in [-0.25, -0.2) is 0 Å². The van der Waals surface area contributed by atoms with Crippen LogP contribution in [0.5, 0.6) is 0 Å². The molecule has 1 aliphatic heterocycles. The Bertz CT molecular complexity index is 883. The molecule has 2 aromatic rings. The lowest BCUT2D eigenvalue weighted by Gasteiger charge is -2.34. The average molecular weight is 403 g/mol. The molecule has 0 aliphatic carbocycles. The van der Waals surface area contributed by atoms with E-state index >= 15 is 0 Å². The summed E-state index contributed by atoms with van der Waals surface area (Å²) in [6.07, 6.45) is 0. The van der Waals surface area contributed by atoms with Crippen LogP contribution >= 0.6 is 11.6 Å². The minimum Gasteiger partial charge on any atom is -0.336 e. The SMILES string of the molecule is O=C(CN1CCN(C(=O)c2ccccc2)CC1)Nc1ccc(Cl)c([N+](=O)[O-])c1. The number of nitrogens with zero attached hydrogens (tertiary/aromatic N) is 3. The van der Waals surface area contributed by atoms with Gasteiger partial charge in [0, 0.05) is 43.5 Å². The Labute approximate surface area is 166 Å². The van der Waals surface area contributed by atoms with Crippen molar-refractivity contribution in [2.24, 2.45) is 0 Å². The van der Waals surface area contributed by atoms with Crippen molar-refractivity contribution < 1.29 is 14.5 Å². The van der Waals surface area contributed by atoms with Crippen LogP contribution in [0.1, 0.15) is 10.4 Å². The second kappa shape index (κ2) is 8.81. The largest absolute Gasteiger partial charge is 0.336 e. The number of amides is 2. The van der Waals surface area contributed by atoms with Crippen molar-refractivity contribution in [2.45, 2.75) is 0 Å². The van der Waals surface area contributed by atoms with Crippen LogP contribution in [-0.4, -0.2) is 59.3 Å². The summed E-state index contributed by atoms with van der Waals surface area (Å²) in [5.41, 5.74) is 0.713. The summed E-state index contributed by atoms with van der Waals surface area (Å²) in [4.78, 5) is 38.7. The molecule has 0 bridgehead atoms. The lowest BCUT2D eigenvalue weighted by Crippen LogP contribution is -2.50. The number of hydrogen-bond acceptors (Lipinski definition) is 5. The van der Waals surface area contributed by atoms with E-state index in [9.17, 15) is 19.7 Å². The second-order valence-electron chi connectivity index (χ2n) is 6.41. The first-order valence-electron chi connectivity index (χ1n) is 8.74. The summed E-state index contributed by atoms with van der Waals surface area (Å²) >= 11 is 5.77. The standard InChI is InChI=1S/C19H19ClN4O4/c20-16-7-6-15(12-17(16)24(27)28)21-18(25)13-22-8-10-23(11-9-22)19(26)14-4-2-1-3-5-14/h1-7,12H,8-11,13H2,(H,21,25). The van der Waals surface area contributed by atoms with E-state index in [0.717, 1.165) is 0 Å². The summed E-state index contributed by atoms with van der Waals surface area (Å²) in [5, 5.41) is 13.6. The number of hydrogen-bond donors (Lipinski definition) is 1. The van der Waals surface area contributed by atoms with E-state index in [-0.39, 0.29) is 29.1 Å². The molecule has 146 valence electrons. The van der Waals surface area contributed by atoms with Gasteiger partial charge < -0.3 is 10.2 Å². The van der Waals surface area contributed by atoms with Crippen molar-refractivity contribution in [2.75, 3.05) is 38.0 Å². The summed E-state index contributed by atoms with van der Waals surface area (Å²) in [7, 11) is 0. The molecule has 0 atom stereocenters. The third kappa shape index (κ3) is 4.85. The van der Waals surface area contributed by atoms with Crippen LogP contribution in [0.25, 0.3) is 0 Å². The van der Waals surface area contributed by atoms with E-state index in [1.54, 1.807) is 17.0 Å². The van der Waals surface area contributed by atoms with E-state index in [1.807, 2.05) is 23.1 Å². The van der Waals surface area contributed by atoms with Gasteiger partial charge in [0.15, 0.2) is 0 Å². The molecule has 1 saturated heterocycles. The molecule has 1 fully saturated rings. The molecule has 0 spiro atoms. The van der Waals surface area contributed by atoms with Crippen molar-refractivity contribution in [1.82, 2.24) is 9.80 Å². The number of nitro benzene ring substituents is 1. The van der Waals surface area contributed by atoms with Gasteiger partial charge in [0.05, 0.1) is 11.5 Å². The molecule has 1 heterocycles. The van der Waals surface area contributed by atoms with Crippen LogP contribution in [0.4, 0.5) is 11.4 Å². The van der Waals surface area contributed by atoms with E-state index in [0.29, 0.717) is 37.4 Å². The van der Waals surface area contributed by atoms with Gasteiger partial charge >= 0.3 is 0 Å². The average Bonchev–Trinajstić information content (AvgIpc) is 2.70. The highest BCUT2D eigenvalue weighted by atomic mass is 35.5. The number of piperazine rings is 1. The molecule has 0 aromatic heterocycles. The van der Waals surface area contributed by atoms with E-state index < -0.39 is 4.92 Å². The fourth-order valence-corrected chi connectivity index (χ4v) is 3.19. The van der Waals surface area contributed by atoms with E-state index in [2.05, 4.69) is 5.32 Å². The molecule has 0 unspecified atom stereocenters. The van der Waals surface area contributed by atoms with E-state index in [1.165, 1.54) is 18.2 Å². The quantitative estimate of drug-likeness (QED) is 0.612. The van der Waals surface area contributed by atoms with Gasteiger partial charge in [-0.2, -0.15) is 0 Å². The van der Waals surface area contributed by atoms with Crippen LogP contribution in [-0.2, 0) is 4.79 Å². The van der Waals surface area contributed by atoms with Crippen molar-refractivity contribution >= 4 is 34.8 Å². The normalized spacial score (nSPS) is 14.5. The van der Waals surface area contributed by atoms with Crippen molar-refractivity contribution in [3.63, 3.8) is 0 Å². The maximum atomic E-state index is 12.4. The highest BCUT2D eigenvalue weighted by Crippen LogP contribution is 2.27. The Morgan fingerprint density at radius 1 is 1.07 bits per heavy atom. The second-order valence-corrected chi connectivity index (χ2v) is 6.81. The highest BCUT2D eigenvalue weighted by Gasteiger charge is 2.23. The predicted octanol–water partition coefficient (Wildman–Crippen LogP) is 2.64. The molecule has 8 nitrogen and oxygen atoms in total. The molecule has 1 aliphatic rings. The van der Waals surface area contributed by atoms with Crippen LogP contribution in [0.3, 0.4) is 0 Å². The molecule has 3 rings (SSSR count). The maximum absolute atomic E-state index is 12.4. The first-order valence-corrected chi connectivity index (χ1v) is 9.12. The Kier molecular flexibility index (Phi) is 6.23. The summed E-state index contributed by atoms with van der Waals surface area (Å²) in [6, 6.07) is 13.2. The van der Waals surface area contributed by atoms with Crippen molar-refractivity contribution in [1.29, 1.82) is 0 Å². The van der Waals surface area contributed by atoms with E-state index in [4.69, 9.17) is 11.6 Å². The van der Waals surface area contributed by atoms with Gasteiger partial charge in [0.25, 0.3) is 11.6 Å². The lowest BCUT2D eigenvalue weighted by molar-refractivity contribution is -0.384. The van der Waals surface area contributed by atoms with Crippen LogP contribution in [0.2, 0.25) is 5.02 Å². The number of halogens is 1. The Morgan fingerprint density at radius 3 is 2.39 bits per heavy atom. The molecule has 0 saturated carbocycles. The summed E-state index contributed by atoms with van der Waals surface area (Å²) in [6.45, 7) is 2.37. The Hall–Kier alpha value is -2.97. The van der Waals surface area contributed by atoms with Gasteiger partial charge in [-0.3, -0.25) is 24.6 Å². The number of carbonyl (C=O) groups is 2. The van der Waals surface area contributed by atoms with Crippen LogP contribution < -0.4 is 5.32 Å². The Morgan fingerprint density at radius 2 is 1.75 bits per heavy atom. The predicted molar refractivity (Wildman–Crippen MR) is 106 cm³/mol. The van der Waals surface area contributed by atoms with Gasteiger partial charge in [0.2, 0.25) is 5.91 Å². The van der Waals surface area contributed by atoms with Crippen molar-refractivity contribution in [3.8, 4) is 0 Å². The zero-order valence-corrected chi connectivity index (χ0v) is 15.8. The fourth-order valence-electron chi connectivity index (χ4n) is 3.01. The van der Waals surface area contributed by atoms with Gasteiger partial charge in [-0.15, -0.1) is 0 Å². The first kappa shape index (κ1) is 19.8. The van der Waals surface area contributed by atoms with Gasteiger partial charge in [-0.1, -0.05) is 29.8 Å². The topological polar surface area (TPSA) is 95.8 Å². The van der Waals surface area contributed by atoms with Crippen molar-refractivity contribution in [3.05, 3.63) is 69.2 Å². The van der Waals surface area contributed by atoms with Crippen LogP contribution in [0, 0.1) is 10.1 Å². The summed E-state index contributed by atoms with van der Waals surface area (Å²) in [5.74, 6) is -0.294. The first-order chi connectivity index (χ1) is 13.4. The third-order valence-corrected chi connectivity index (χ3v) is 4.79. The molecular formula is C19H19ClN4O4. The Balaban J connectivity index is 1.51. The zero-order valence-electron chi connectivity index (χ0n) is 15.0. The minimum absolute atomic E-state index is 0.0156. The molecule has 28 heavy (non-hydrogen) atoms. The molecular weight excluding hydrogens is 384 g/mol. The zero-order chi connectivity index (χ0) is 20.1. The molecule has 2 amide bonds. The number of anilines is 1. The molecule has 0 radical (unpaired) electrons. The smallest absolute Gasteiger partial charge is 0.289 e. The van der Waals surface area contributed by atoms with Gasteiger partial charge in [-0.05, 0) is 24.3 Å². The molecule has 9 heteroatoms. The third-order valence-electron chi connectivity index (χ3n) is 4.47. The fraction of sp³-hybridized carbons (Fsp3) is 0.263. The van der Waals surface area contributed by atoms with Crippen LogP contribution in [0.15, 0.2) is 48.5 Å². The maximum Gasteiger partial charge on any atom is 0.289 e. The van der Waals surface area contributed by atoms with Gasteiger partial charge in [0.1, 0.15) is 5.02 Å². The lowest BCUT2D eigenvalue weighted by atomic mass is 10.2. The molecule has 2 aromatic carbocycles. The highest BCUT2D eigenvalue weighted by molar-refractivity contribution is 6.32.